The highest BCUT2D eigenvalue weighted by atomic mass is 16.5. The quantitative estimate of drug-likeness (QED) is 0.462. The number of hydrogen-bond donors (Lipinski definition) is 4. The maximum absolute atomic E-state index is 5.50. The van der Waals surface area contributed by atoms with E-state index in [9.17, 15) is 0 Å². The largest absolute Gasteiger partial charge is 0.378 e. The SMILES string of the molecule is C1CNCCNCCCNCCOCCOCCOCCNC1. The van der Waals surface area contributed by atoms with Crippen molar-refractivity contribution in [1.29, 1.82) is 0 Å². The molecule has 4 N–H and O–H groups in total. The van der Waals surface area contributed by atoms with Gasteiger partial charge in [0.25, 0.3) is 0 Å². The van der Waals surface area contributed by atoms with E-state index >= 15 is 0 Å². The van der Waals surface area contributed by atoms with Crippen molar-refractivity contribution in [3.05, 3.63) is 0 Å². The van der Waals surface area contributed by atoms with Crippen molar-refractivity contribution in [2.24, 2.45) is 0 Å². The molecular weight excluding hydrogens is 296 g/mol. The fourth-order valence-electron chi connectivity index (χ4n) is 2.18. The zero-order valence-electron chi connectivity index (χ0n) is 14.5. The second-order valence-corrected chi connectivity index (χ2v) is 5.54. The second-order valence-electron chi connectivity index (χ2n) is 5.54. The minimum atomic E-state index is 0.637. The summed E-state index contributed by atoms with van der Waals surface area (Å²) in [5, 5.41) is 13.7. The molecule has 1 aliphatic rings. The first-order chi connectivity index (χ1) is 11.5. The van der Waals surface area contributed by atoms with Crippen LogP contribution in [0, 0.1) is 0 Å². The molecular formula is C16H36N4O3. The lowest BCUT2D eigenvalue weighted by Gasteiger charge is -2.08. The zero-order valence-corrected chi connectivity index (χ0v) is 14.5. The van der Waals surface area contributed by atoms with Crippen LogP contribution in [0.1, 0.15) is 12.8 Å². The Kier molecular flexibility index (Phi) is 16.3. The molecule has 1 aliphatic heterocycles. The van der Waals surface area contributed by atoms with Crippen molar-refractivity contribution < 1.29 is 14.2 Å². The highest BCUT2D eigenvalue weighted by Gasteiger charge is 1.94. The average Bonchev–Trinajstić information content (AvgIpc) is 2.56. The normalized spacial score (nSPS) is 24.0. The summed E-state index contributed by atoms with van der Waals surface area (Å²) in [6.45, 7) is 12.1. The third-order valence-corrected chi connectivity index (χ3v) is 3.48. The maximum atomic E-state index is 5.50. The summed E-state index contributed by atoms with van der Waals surface area (Å²) in [7, 11) is 0. The molecule has 0 unspecified atom stereocenters. The Morgan fingerprint density at radius 2 is 0.696 bits per heavy atom. The first-order valence-corrected chi connectivity index (χ1v) is 9.06. The lowest BCUT2D eigenvalue weighted by Crippen LogP contribution is -2.31. The van der Waals surface area contributed by atoms with Crippen LogP contribution in [-0.4, -0.2) is 92.0 Å². The zero-order chi connectivity index (χ0) is 16.3. The van der Waals surface area contributed by atoms with Gasteiger partial charge < -0.3 is 35.5 Å². The molecule has 0 aliphatic carbocycles. The van der Waals surface area contributed by atoms with Crippen LogP contribution in [0.25, 0.3) is 0 Å². The molecule has 7 heteroatoms. The monoisotopic (exact) mass is 332 g/mol. The van der Waals surface area contributed by atoms with Gasteiger partial charge in [-0.25, -0.2) is 0 Å². The Balaban J connectivity index is 2.00. The van der Waals surface area contributed by atoms with Crippen LogP contribution < -0.4 is 21.3 Å². The van der Waals surface area contributed by atoms with Gasteiger partial charge in [0.15, 0.2) is 0 Å². The van der Waals surface area contributed by atoms with Crippen molar-refractivity contribution in [3.63, 3.8) is 0 Å². The highest BCUT2D eigenvalue weighted by Crippen LogP contribution is 1.82. The van der Waals surface area contributed by atoms with Gasteiger partial charge in [0, 0.05) is 26.2 Å². The van der Waals surface area contributed by atoms with Crippen LogP contribution in [0.15, 0.2) is 0 Å². The lowest BCUT2D eigenvalue weighted by atomic mass is 10.4. The summed E-state index contributed by atoms with van der Waals surface area (Å²) in [5.74, 6) is 0. The summed E-state index contributed by atoms with van der Waals surface area (Å²) >= 11 is 0. The average molecular weight is 332 g/mol. The van der Waals surface area contributed by atoms with E-state index in [1.807, 2.05) is 0 Å². The summed E-state index contributed by atoms with van der Waals surface area (Å²) < 4.78 is 16.4. The fourth-order valence-corrected chi connectivity index (χ4v) is 2.18. The molecule has 1 rings (SSSR count). The maximum Gasteiger partial charge on any atom is 0.0701 e. The molecule has 138 valence electrons. The number of ether oxygens (including phenoxy) is 3. The molecule has 0 radical (unpaired) electrons. The van der Waals surface area contributed by atoms with Gasteiger partial charge in [0.05, 0.1) is 39.6 Å². The predicted molar refractivity (Wildman–Crippen MR) is 93.2 cm³/mol. The molecule has 23 heavy (non-hydrogen) atoms. The van der Waals surface area contributed by atoms with Crippen LogP contribution >= 0.6 is 0 Å². The molecule has 0 spiro atoms. The lowest BCUT2D eigenvalue weighted by molar-refractivity contribution is 0.0157. The highest BCUT2D eigenvalue weighted by molar-refractivity contribution is 4.56. The van der Waals surface area contributed by atoms with Gasteiger partial charge in [-0.15, -0.1) is 0 Å². The minimum absolute atomic E-state index is 0.637. The van der Waals surface area contributed by atoms with Gasteiger partial charge in [-0.1, -0.05) is 0 Å². The molecule has 0 atom stereocenters. The Hall–Kier alpha value is -0.280. The minimum Gasteiger partial charge on any atom is -0.378 e. The summed E-state index contributed by atoms with van der Waals surface area (Å²) in [5.41, 5.74) is 0. The van der Waals surface area contributed by atoms with Crippen molar-refractivity contribution in [3.8, 4) is 0 Å². The summed E-state index contributed by atoms with van der Waals surface area (Å²) in [4.78, 5) is 0. The van der Waals surface area contributed by atoms with E-state index in [1.165, 1.54) is 0 Å². The van der Waals surface area contributed by atoms with Gasteiger partial charge in [-0.3, -0.25) is 0 Å². The third-order valence-electron chi connectivity index (χ3n) is 3.48. The Morgan fingerprint density at radius 1 is 0.348 bits per heavy atom. The van der Waals surface area contributed by atoms with E-state index in [4.69, 9.17) is 14.2 Å². The molecule has 0 aromatic carbocycles. The predicted octanol–water partition coefficient (Wildman–Crippen LogP) is -0.812. The molecule has 0 saturated carbocycles. The molecule has 1 saturated heterocycles. The van der Waals surface area contributed by atoms with Gasteiger partial charge in [0.1, 0.15) is 0 Å². The first kappa shape index (κ1) is 20.8. The van der Waals surface area contributed by atoms with Crippen LogP contribution in [0.3, 0.4) is 0 Å². The Labute approximate surface area is 141 Å². The van der Waals surface area contributed by atoms with Crippen LogP contribution in [0.5, 0.6) is 0 Å². The van der Waals surface area contributed by atoms with E-state index < -0.39 is 0 Å². The Bertz CT molecular complexity index is 131. The molecule has 7 nitrogen and oxygen atoms in total. The molecule has 0 amide bonds. The molecule has 1 fully saturated rings. The summed E-state index contributed by atoms with van der Waals surface area (Å²) in [6, 6.07) is 0. The molecule has 0 bridgehead atoms. The van der Waals surface area contributed by atoms with Crippen molar-refractivity contribution in [2.45, 2.75) is 12.8 Å². The number of hydrogen-bond acceptors (Lipinski definition) is 7. The van der Waals surface area contributed by atoms with Crippen molar-refractivity contribution in [2.75, 3.05) is 92.0 Å². The topological polar surface area (TPSA) is 75.8 Å². The number of rotatable bonds is 0. The van der Waals surface area contributed by atoms with Crippen LogP contribution in [-0.2, 0) is 14.2 Å². The van der Waals surface area contributed by atoms with E-state index in [2.05, 4.69) is 21.3 Å². The fraction of sp³-hybridized carbons (Fsp3) is 1.00. The van der Waals surface area contributed by atoms with Gasteiger partial charge in [-0.05, 0) is 39.0 Å². The van der Waals surface area contributed by atoms with E-state index in [0.717, 1.165) is 78.4 Å². The number of nitrogens with one attached hydrogen (secondary N) is 4. The standard InChI is InChI=1S/C16H36N4O3/c1-3-17-7-8-18-4-2-6-20-10-12-22-14-16-23-15-13-21-11-9-19-5-1/h17-20H,1-16H2. The van der Waals surface area contributed by atoms with Crippen LogP contribution in [0.2, 0.25) is 0 Å². The van der Waals surface area contributed by atoms with E-state index in [1.54, 1.807) is 0 Å². The van der Waals surface area contributed by atoms with Gasteiger partial charge in [0.2, 0.25) is 0 Å². The van der Waals surface area contributed by atoms with E-state index in [-0.39, 0.29) is 0 Å². The van der Waals surface area contributed by atoms with Crippen molar-refractivity contribution in [1.82, 2.24) is 21.3 Å². The molecule has 0 aromatic heterocycles. The molecule has 1 heterocycles. The third kappa shape index (κ3) is 16.4. The molecule has 0 aromatic rings. The summed E-state index contributed by atoms with van der Waals surface area (Å²) in [6.07, 6.45) is 2.29. The van der Waals surface area contributed by atoms with Gasteiger partial charge >= 0.3 is 0 Å². The second kappa shape index (κ2) is 18.1. The first-order valence-electron chi connectivity index (χ1n) is 9.06. The smallest absolute Gasteiger partial charge is 0.0701 e. The van der Waals surface area contributed by atoms with Crippen LogP contribution in [0.4, 0.5) is 0 Å². The Morgan fingerprint density at radius 3 is 1.13 bits per heavy atom. The van der Waals surface area contributed by atoms with E-state index in [0.29, 0.717) is 26.4 Å². The van der Waals surface area contributed by atoms with Crippen molar-refractivity contribution >= 4 is 0 Å². The van der Waals surface area contributed by atoms with Gasteiger partial charge in [-0.2, -0.15) is 0 Å².